The standard InChI is InChI=1S/C29H46FN3O3/c1-22(34)32-16-9-15-29(36,26-13-6-7-14-27(26)30)25-12-8-17-33(21-25)28(35)19-24(20-31-2)18-23-10-4-3-5-11-23/h6-7,13-14,23-25,31,36H,3-5,8-12,15-21H2,1-2H3,(H,32,34)/t24-,25-,29+/m1/s1. The minimum Gasteiger partial charge on any atom is -0.385 e. The van der Waals surface area contributed by atoms with E-state index in [0.717, 1.165) is 25.8 Å². The first-order chi connectivity index (χ1) is 17.3. The van der Waals surface area contributed by atoms with E-state index >= 15 is 0 Å². The molecule has 1 heterocycles. The van der Waals surface area contributed by atoms with Crippen LogP contribution in [0.15, 0.2) is 24.3 Å². The highest BCUT2D eigenvalue weighted by Crippen LogP contribution is 2.40. The molecule has 0 radical (unpaired) electrons. The molecule has 0 aromatic heterocycles. The smallest absolute Gasteiger partial charge is 0.222 e. The second-order valence-electron chi connectivity index (χ2n) is 11.0. The number of halogens is 1. The number of hydrogen-bond donors (Lipinski definition) is 3. The number of nitrogens with zero attached hydrogens (tertiary/aromatic N) is 1. The Labute approximate surface area is 216 Å². The van der Waals surface area contributed by atoms with Crippen LogP contribution in [0.5, 0.6) is 0 Å². The average Bonchev–Trinajstić information content (AvgIpc) is 2.87. The van der Waals surface area contributed by atoms with Gasteiger partial charge in [-0.1, -0.05) is 50.3 Å². The highest BCUT2D eigenvalue weighted by atomic mass is 19.1. The van der Waals surface area contributed by atoms with E-state index in [4.69, 9.17) is 0 Å². The highest BCUT2D eigenvalue weighted by molar-refractivity contribution is 5.76. The van der Waals surface area contributed by atoms with Crippen LogP contribution in [-0.2, 0) is 15.2 Å². The number of rotatable bonds is 12. The van der Waals surface area contributed by atoms with E-state index in [1.165, 1.54) is 45.1 Å². The van der Waals surface area contributed by atoms with Gasteiger partial charge in [0, 0.05) is 44.5 Å². The maximum Gasteiger partial charge on any atom is 0.222 e. The molecule has 1 aliphatic carbocycles. The van der Waals surface area contributed by atoms with Crippen molar-refractivity contribution < 1.29 is 19.1 Å². The molecule has 3 atom stereocenters. The van der Waals surface area contributed by atoms with Crippen molar-refractivity contribution in [2.24, 2.45) is 17.8 Å². The van der Waals surface area contributed by atoms with E-state index < -0.39 is 11.4 Å². The molecule has 3 N–H and O–H groups in total. The van der Waals surface area contributed by atoms with Crippen molar-refractivity contribution in [3.8, 4) is 0 Å². The molecule has 7 heteroatoms. The summed E-state index contributed by atoms with van der Waals surface area (Å²) in [6, 6.07) is 6.41. The Balaban J connectivity index is 1.69. The van der Waals surface area contributed by atoms with Crippen molar-refractivity contribution in [3.63, 3.8) is 0 Å². The maximum atomic E-state index is 14.9. The van der Waals surface area contributed by atoms with Gasteiger partial charge in [0.05, 0.1) is 5.60 Å². The number of piperidine rings is 1. The Morgan fingerprint density at radius 2 is 1.92 bits per heavy atom. The van der Waals surface area contributed by atoms with Crippen LogP contribution in [0, 0.1) is 23.6 Å². The third kappa shape index (κ3) is 8.01. The van der Waals surface area contributed by atoms with E-state index in [1.807, 2.05) is 11.9 Å². The van der Waals surface area contributed by atoms with E-state index in [-0.39, 0.29) is 23.3 Å². The van der Waals surface area contributed by atoms with Gasteiger partial charge < -0.3 is 20.6 Å². The zero-order chi connectivity index (χ0) is 26.0. The molecule has 2 aliphatic rings. The molecule has 0 unspecified atom stereocenters. The normalized spacial score (nSPS) is 21.6. The summed E-state index contributed by atoms with van der Waals surface area (Å²) in [5, 5.41) is 18.0. The molecule has 1 aromatic carbocycles. The molecule has 0 spiro atoms. The molecule has 36 heavy (non-hydrogen) atoms. The van der Waals surface area contributed by atoms with Crippen LogP contribution in [0.3, 0.4) is 0 Å². The second-order valence-corrected chi connectivity index (χ2v) is 11.0. The van der Waals surface area contributed by atoms with Gasteiger partial charge in [0.15, 0.2) is 0 Å². The van der Waals surface area contributed by atoms with Crippen LogP contribution < -0.4 is 10.6 Å². The lowest BCUT2D eigenvalue weighted by molar-refractivity contribution is -0.138. The molecule has 202 valence electrons. The molecule has 3 rings (SSSR count). The summed E-state index contributed by atoms with van der Waals surface area (Å²) in [6.45, 7) is 3.84. The van der Waals surface area contributed by atoms with Crippen molar-refractivity contribution in [2.75, 3.05) is 33.2 Å². The molecular weight excluding hydrogens is 457 g/mol. The van der Waals surface area contributed by atoms with Crippen LogP contribution in [-0.4, -0.2) is 55.0 Å². The summed E-state index contributed by atoms with van der Waals surface area (Å²) in [4.78, 5) is 26.6. The Hall–Kier alpha value is -1.99. The summed E-state index contributed by atoms with van der Waals surface area (Å²) in [5.41, 5.74) is -1.10. The predicted octanol–water partition coefficient (Wildman–Crippen LogP) is 4.36. The van der Waals surface area contributed by atoms with Gasteiger partial charge in [0.25, 0.3) is 0 Å². The molecular formula is C29H46FN3O3. The average molecular weight is 504 g/mol. The van der Waals surface area contributed by atoms with Crippen LogP contribution in [0.4, 0.5) is 4.39 Å². The summed E-state index contributed by atoms with van der Waals surface area (Å²) in [6.07, 6.45) is 10.5. The zero-order valence-electron chi connectivity index (χ0n) is 22.2. The van der Waals surface area contributed by atoms with Gasteiger partial charge in [-0.05, 0) is 63.6 Å². The van der Waals surface area contributed by atoms with Crippen LogP contribution in [0.2, 0.25) is 0 Å². The SMILES string of the molecule is CNC[C@@H](CC(=O)N1CCC[C@@H]([C@@](O)(CCCNC(C)=O)c2ccccc2F)C1)CC1CCCCC1. The van der Waals surface area contributed by atoms with Crippen LogP contribution in [0.25, 0.3) is 0 Å². The van der Waals surface area contributed by atoms with Crippen molar-refractivity contribution in [1.29, 1.82) is 0 Å². The predicted molar refractivity (Wildman–Crippen MR) is 141 cm³/mol. The van der Waals surface area contributed by atoms with Crippen LogP contribution in [0.1, 0.15) is 83.1 Å². The fourth-order valence-electron chi connectivity index (χ4n) is 6.38. The topological polar surface area (TPSA) is 81.7 Å². The summed E-state index contributed by atoms with van der Waals surface area (Å²) >= 11 is 0. The Bertz CT molecular complexity index is 845. The van der Waals surface area contributed by atoms with Gasteiger partial charge >= 0.3 is 0 Å². The molecule has 1 saturated carbocycles. The molecule has 2 fully saturated rings. The van der Waals surface area contributed by atoms with Gasteiger partial charge in [0.2, 0.25) is 11.8 Å². The lowest BCUT2D eigenvalue weighted by Gasteiger charge is -2.43. The Kier molecular flexibility index (Phi) is 11.2. The minimum absolute atomic E-state index is 0.122. The molecule has 1 aliphatic heterocycles. The van der Waals surface area contributed by atoms with Crippen molar-refractivity contribution in [1.82, 2.24) is 15.5 Å². The fraction of sp³-hybridized carbons (Fsp3) is 0.724. The van der Waals surface area contributed by atoms with Gasteiger partial charge in [-0.3, -0.25) is 9.59 Å². The maximum absolute atomic E-state index is 14.9. The van der Waals surface area contributed by atoms with E-state index in [0.29, 0.717) is 50.7 Å². The van der Waals surface area contributed by atoms with Gasteiger partial charge in [0.1, 0.15) is 5.82 Å². The van der Waals surface area contributed by atoms with Crippen molar-refractivity contribution in [2.45, 2.75) is 83.2 Å². The monoisotopic (exact) mass is 503 g/mol. The van der Waals surface area contributed by atoms with E-state index in [2.05, 4.69) is 10.6 Å². The number of benzene rings is 1. The lowest BCUT2D eigenvalue weighted by Crippen LogP contribution is -2.49. The van der Waals surface area contributed by atoms with E-state index in [1.54, 1.807) is 18.2 Å². The number of amides is 2. The highest BCUT2D eigenvalue weighted by Gasteiger charge is 2.42. The number of nitrogens with one attached hydrogen (secondary N) is 2. The number of likely N-dealkylation sites (tertiary alicyclic amines) is 1. The third-order valence-electron chi connectivity index (χ3n) is 8.25. The molecule has 6 nitrogen and oxygen atoms in total. The zero-order valence-corrected chi connectivity index (χ0v) is 22.2. The largest absolute Gasteiger partial charge is 0.385 e. The number of carbonyl (C=O) groups excluding carboxylic acids is 2. The first kappa shape index (κ1) is 28.6. The lowest BCUT2D eigenvalue weighted by atomic mass is 9.74. The van der Waals surface area contributed by atoms with Crippen LogP contribution >= 0.6 is 0 Å². The Morgan fingerprint density at radius 3 is 2.61 bits per heavy atom. The number of hydrogen-bond acceptors (Lipinski definition) is 4. The van der Waals surface area contributed by atoms with Crippen molar-refractivity contribution >= 4 is 11.8 Å². The Morgan fingerprint density at radius 1 is 1.17 bits per heavy atom. The quantitative estimate of drug-likeness (QED) is 0.370. The summed E-state index contributed by atoms with van der Waals surface area (Å²) in [7, 11) is 1.95. The molecule has 2 amide bonds. The third-order valence-corrected chi connectivity index (χ3v) is 8.25. The molecule has 0 bridgehead atoms. The van der Waals surface area contributed by atoms with Crippen molar-refractivity contribution in [3.05, 3.63) is 35.6 Å². The van der Waals surface area contributed by atoms with E-state index in [9.17, 15) is 19.1 Å². The fourth-order valence-corrected chi connectivity index (χ4v) is 6.38. The number of aliphatic hydroxyl groups is 1. The summed E-state index contributed by atoms with van der Waals surface area (Å²) in [5.74, 6) is 0.367. The minimum atomic E-state index is -1.39. The van der Waals surface area contributed by atoms with Gasteiger partial charge in [-0.15, -0.1) is 0 Å². The number of carbonyl (C=O) groups is 2. The summed E-state index contributed by atoms with van der Waals surface area (Å²) < 4.78 is 14.9. The first-order valence-corrected chi connectivity index (χ1v) is 14.0. The molecule has 1 saturated heterocycles. The van der Waals surface area contributed by atoms with Gasteiger partial charge in [-0.2, -0.15) is 0 Å². The second kappa shape index (κ2) is 14.1. The molecule has 1 aromatic rings. The first-order valence-electron chi connectivity index (χ1n) is 14.0. The van der Waals surface area contributed by atoms with Gasteiger partial charge in [-0.25, -0.2) is 4.39 Å².